The van der Waals surface area contributed by atoms with Gasteiger partial charge in [-0.3, -0.25) is 9.69 Å². The summed E-state index contributed by atoms with van der Waals surface area (Å²) in [5.74, 6) is 0.970. The molecule has 0 bridgehead atoms. The van der Waals surface area contributed by atoms with E-state index >= 15 is 0 Å². The van der Waals surface area contributed by atoms with Gasteiger partial charge in [-0.1, -0.05) is 43.3 Å². The average Bonchev–Trinajstić information content (AvgIpc) is 2.85. The minimum Gasteiger partial charge on any atom is -0.480 e. The van der Waals surface area contributed by atoms with Crippen molar-refractivity contribution in [2.45, 2.75) is 57.5 Å². The van der Waals surface area contributed by atoms with Gasteiger partial charge in [-0.2, -0.15) is 0 Å². The molecule has 4 rings (SSSR count). The second-order valence-electron chi connectivity index (χ2n) is 9.52. The fourth-order valence-electron chi connectivity index (χ4n) is 5.62. The second-order valence-corrected chi connectivity index (χ2v) is 9.52. The van der Waals surface area contributed by atoms with Crippen molar-refractivity contribution in [2.24, 2.45) is 5.92 Å². The van der Waals surface area contributed by atoms with Crippen LogP contribution in [0.15, 0.2) is 42.5 Å². The van der Waals surface area contributed by atoms with E-state index in [-0.39, 0.29) is 0 Å². The third kappa shape index (κ3) is 5.74. The van der Waals surface area contributed by atoms with E-state index < -0.39 is 12.0 Å². The molecule has 2 N–H and O–H groups in total. The molecule has 0 aliphatic carbocycles. The summed E-state index contributed by atoms with van der Waals surface area (Å²) < 4.78 is 0. The van der Waals surface area contributed by atoms with Crippen molar-refractivity contribution in [3.05, 3.63) is 59.3 Å². The summed E-state index contributed by atoms with van der Waals surface area (Å²) in [5, 5.41) is 13.1. The summed E-state index contributed by atoms with van der Waals surface area (Å²) in [6.07, 6.45) is 6.59. The molecule has 178 valence electrons. The van der Waals surface area contributed by atoms with Gasteiger partial charge in [0, 0.05) is 31.9 Å². The second kappa shape index (κ2) is 11.1. The number of nitrogens with one attached hydrogen (secondary N) is 1. The zero-order chi connectivity index (χ0) is 23.2. The predicted molar refractivity (Wildman–Crippen MR) is 133 cm³/mol. The highest BCUT2D eigenvalue weighted by Crippen LogP contribution is 2.30. The number of aryl methyl sites for hydroxylation is 1. The lowest BCUT2D eigenvalue weighted by molar-refractivity contribution is -0.144. The van der Waals surface area contributed by atoms with Crippen molar-refractivity contribution in [3.8, 4) is 0 Å². The Labute approximate surface area is 198 Å². The summed E-state index contributed by atoms with van der Waals surface area (Å²) >= 11 is 0. The first-order chi connectivity index (χ1) is 16.1. The maximum absolute atomic E-state index is 12.0. The van der Waals surface area contributed by atoms with Gasteiger partial charge >= 0.3 is 5.97 Å². The van der Waals surface area contributed by atoms with Gasteiger partial charge < -0.3 is 15.3 Å². The van der Waals surface area contributed by atoms with Crippen molar-refractivity contribution in [1.29, 1.82) is 0 Å². The molecule has 2 saturated heterocycles. The van der Waals surface area contributed by atoms with Crippen LogP contribution in [0, 0.1) is 5.92 Å². The molecule has 33 heavy (non-hydrogen) atoms. The van der Waals surface area contributed by atoms with E-state index in [9.17, 15) is 9.90 Å². The van der Waals surface area contributed by atoms with Crippen LogP contribution in [0.5, 0.6) is 0 Å². The summed E-state index contributed by atoms with van der Waals surface area (Å²) in [6, 6.07) is 14.1. The van der Waals surface area contributed by atoms with E-state index in [0.717, 1.165) is 63.2 Å². The highest BCUT2D eigenvalue weighted by atomic mass is 16.4. The van der Waals surface area contributed by atoms with E-state index in [1.807, 2.05) is 37.4 Å². The standard InChI is InChI=1S/C27H38N4O2/c1-3-21-9-10-23(29-26(21)28-2)19-20-11-15-30(16-12-20)24-13-17-31(18-14-24)25(27(32)33)22-7-5-4-6-8-22/h4-10,20,24-25H,3,11-19H2,1-2H3,(H,28,29)(H,32,33)/t25-/m0/s1. The molecule has 2 fully saturated rings. The minimum atomic E-state index is -0.748. The van der Waals surface area contributed by atoms with Crippen LogP contribution in [0.1, 0.15) is 55.5 Å². The van der Waals surface area contributed by atoms with Crippen molar-refractivity contribution in [3.63, 3.8) is 0 Å². The average molecular weight is 451 g/mol. The van der Waals surface area contributed by atoms with Crippen molar-refractivity contribution >= 4 is 11.8 Å². The molecule has 6 heteroatoms. The summed E-state index contributed by atoms with van der Waals surface area (Å²) in [6.45, 7) is 6.14. The molecular formula is C27H38N4O2. The van der Waals surface area contributed by atoms with Gasteiger partial charge in [0.05, 0.1) is 0 Å². The number of carbonyl (C=O) groups is 1. The first-order valence-electron chi connectivity index (χ1n) is 12.5. The molecule has 0 radical (unpaired) electrons. The molecule has 3 heterocycles. The van der Waals surface area contributed by atoms with Gasteiger partial charge in [-0.05, 0) is 74.7 Å². The van der Waals surface area contributed by atoms with Gasteiger partial charge in [-0.15, -0.1) is 0 Å². The van der Waals surface area contributed by atoms with Crippen molar-refractivity contribution in [2.75, 3.05) is 38.5 Å². The Morgan fingerprint density at radius 3 is 2.36 bits per heavy atom. The molecule has 6 nitrogen and oxygen atoms in total. The normalized spacial score (nSPS) is 19.9. The number of carboxylic acids is 1. The molecule has 0 spiro atoms. The number of rotatable bonds is 8. The molecule has 0 unspecified atom stereocenters. The van der Waals surface area contributed by atoms with E-state index in [0.29, 0.717) is 12.0 Å². The fourth-order valence-corrected chi connectivity index (χ4v) is 5.62. The highest BCUT2D eigenvalue weighted by Gasteiger charge is 2.33. The molecule has 0 saturated carbocycles. The number of anilines is 1. The van der Waals surface area contributed by atoms with Crippen LogP contribution in [0.25, 0.3) is 0 Å². The first kappa shape index (κ1) is 23.7. The molecule has 1 atom stereocenters. The molecule has 2 aromatic rings. The molecular weight excluding hydrogens is 412 g/mol. The lowest BCUT2D eigenvalue weighted by Gasteiger charge is -2.43. The number of carboxylic acid groups (broad SMARTS) is 1. The van der Waals surface area contributed by atoms with Gasteiger partial charge in [0.2, 0.25) is 0 Å². The van der Waals surface area contributed by atoms with Gasteiger partial charge in [0.1, 0.15) is 11.9 Å². The number of nitrogens with zero attached hydrogens (tertiary/aromatic N) is 3. The Balaban J connectivity index is 1.27. The van der Waals surface area contributed by atoms with Gasteiger partial charge in [-0.25, -0.2) is 4.98 Å². The lowest BCUT2D eigenvalue weighted by atomic mass is 9.89. The number of pyridine rings is 1. The zero-order valence-corrected chi connectivity index (χ0v) is 20.0. The quantitative estimate of drug-likeness (QED) is 0.627. The number of likely N-dealkylation sites (tertiary alicyclic amines) is 2. The van der Waals surface area contributed by atoms with Crippen molar-refractivity contribution in [1.82, 2.24) is 14.8 Å². The van der Waals surface area contributed by atoms with Crippen LogP contribution in [0.2, 0.25) is 0 Å². The van der Waals surface area contributed by atoms with E-state index in [4.69, 9.17) is 4.98 Å². The number of hydrogen-bond acceptors (Lipinski definition) is 5. The van der Waals surface area contributed by atoms with E-state index in [1.165, 1.54) is 24.1 Å². The van der Waals surface area contributed by atoms with Crippen LogP contribution in [0.3, 0.4) is 0 Å². The third-order valence-corrected chi connectivity index (χ3v) is 7.53. The fraction of sp³-hybridized carbons (Fsp3) is 0.556. The number of aromatic nitrogens is 1. The summed E-state index contributed by atoms with van der Waals surface area (Å²) in [5.41, 5.74) is 3.36. The summed E-state index contributed by atoms with van der Waals surface area (Å²) in [4.78, 5) is 21.6. The largest absolute Gasteiger partial charge is 0.480 e. The zero-order valence-electron chi connectivity index (χ0n) is 20.0. The Morgan fingerprint density at radius 2 is 1.76 bits per heavy atom. The number of hydrogen-bond donors (Lipinski definition) is 2. The van der Waals surface area contributed by atoms with Gasteiger partial charge in [0.15, 0.2) is 0 Å². The molecule has 1 aromatic carbocycles. The number of aliphatic carboxylic acids is 1. The van der Waals surface area contributed by atoms with E-state index in [2.05, 4.69) is 34.2 Å². The van der Waals surface area contributed by atoms with Crippen LogP contribution in [-0.2, 0) is 17.6 Å². The van der Waals surface area contributed by atoms with Crippen molar-refractivity contribution < 1.29 is 9.90 Å². The third-order valence-electron chi connectivity index (χ3n) is 7.53. The molecule has 0 amide bonds. The lowest BCUT2D eigenvalue weighted by Crippen LogP contribution is -2.49. The maximum atomic E-state index is 12.0. The van der Waals surface area contributed by atoms with Crippen LogP contribution >= 0.6 is 0 Å². The molecule has 2 aliphatic rings. The monoisotopic (exact) mass is 450 g/mol. The van der Waals surface area contributed by atoms with E-state index in [1.54, 1.807) is 0 Å². The SMILES string of the molecule is CCc1ccc(CC2CCN(C3CCN([C@H](C(=O)O)c4ccccc4)CC3)CC2)nc1NC. The van der Waals surface area contributed by atoms with Crippen LogP contribution in [-0.4, -0.2) is 65.1 Å². The smallest absolute Gasteiger partial charge is 0.325 e. The Kier molecular flexibility index (Phi) is 7.99. The van der Waals surface area contributed by atoms with Crippen LogP contribution < -0.4 is 5.32 Å². The summed E-state index contributed by atoms with van der Waals surface area (Å²) in [7, 11) is 1.95. The van der Waals surface area contributed by atoms with Gasteiger partial charge in [0.25, 0.3) is 0 Å². The van der Waals surface area contributed by atoms with Crippen LogP contribution in [0.4, 0.5) is 5.82 Å². The maximum Gasteiger partial charge on any atom is 0.325 e. The molecule has 1 aromatic heterocycles. The highest BCUT2D eigenvalue weighted by molar-refractivity contribution is 5.75. The Hall–Kier alpha value is -2.44. The topological polar surface area (TPSA) is 68.7 Å². The Bertz CT molecular complexity index is 904. The molecule has 2 aliphatic heterocycles. The number of benzene rings is 1. The minimum absolute atomic E-state index is 0.535. The first-order valence-corrected chi connectivity index (χ1v) is 12.5. The predicted octanol–water partition coefficient (Wildman–Crippen LogP) is 4.23. The Morgan fingerprint density at radius 1 is 1.06 bits per heavy atom. The number of piperidine rings is 2.